The predicted molar refractivity (Wildman–Crippen MR) is 76.9 cm³/mol. The second-order valence-electron chi connectivity index (χ2n) is 5.43. The Morgan fingerprint density at radius 1 is 1.50 bits per heavy atom. The number of pyridine rings is 1. The quantitative estimate of drug-likeness (QED) is 0.803. The van der Waals surface area contributed by atoms with Gasteiger partial charge in [-0.3, -0.25) is 0 Å². The van der Waals surface area contributed by atoms with Crippen molar-refractivity contribution in [2.24, 2.45) is 0 Å². The van der Waals surface area contributed by atoms with Gasteiger partial charge in [-0.2, -0.15) is 0 Å². The molecule has 1 saturated carbocycles. The molecule has 3 heteroatoms. The number of hydrogen-bond donors (Lipinski definition) is 1. The Morgan fingerprint density at radius 3 is 2.94 bits per heavy atom. The van der Waals surface area contributed by atoms with E-state index in [9.17, 15) is 0 Å². The maximum absolute atomic E-state index is 4.48. The Balaban J connectivity index is 1.96. The van der Waals surface area contributed by atoms with Gasteiger partial charge in [0.2, 0.25) is 0 Å². The Hall–Kier alpha value is -1.09. The lowest BCUT2D eigenvalue weighted by molar-refractivity contribution is 0.610. The summed E-state index contributed by atoms with van der Waals surface area (Å²) in [4.78, 5) is 6.77. The monoisotopic (exact) mass is 247 g/mol. The van der Waals surface area contributed by atoms with Gasteiger partial charge in [0.1, 0.15) is 5.82 Å². The standard InChI is InChI=1S/C15H25N3/c1-4-5-12(2)18(3)15-10-13(8-9-16-15)11-17-14-6-7-14/h8-10,12,14,17H,4-7,11H2,1-3H3. The summed E-state index contributed by atoms with van der Waals surface area (Å²) in [6, 6.07) is 5.63. The molecule has 1 aliphatic rings. The molecular weight excluding hydrogens is 222 g/mol. The molecule has 100 valence electrons. The molecule has 0 aliphatic heterocycles. The van der Waals surface area contributed by atoms with Crippen LogP contribution in [0.5, 0.6) is 0 Å². The first kappa shape index (κ1) is 13.3. The zero-order chi connectivity index (χ0) is 13.0. The van der Waals surface area contributed by atoms with Crippen molar-refractivity contribution in [3.63, 3.8) is 0 Å². The zero-order valence-electron chi connectivity index (χ0n) is 11.8. The lowest BCUT2D eigenvalue weighted by Crippen LogP contribution is -2.29. The summed E-state index contributed by atoms with van der Waals surface area (Å²) in [5.74, 6) is 1.09. The highest BCUT2D eigenvalue weighted by Crippen LogP contribution is 2.20. The molecule has 0 aromatic carbocycles. The van der Waals surface area contributed by atoms with Crippen molar-refractivity contribution in [3.05, 3.63) is 23.9 Å². The van der Waals surface area contributed by atoms with Crippen molar-refractivity contribution < 1.29 is 0 Å². The summed E-state index contributed by atoms with van der Waals surface area (Å²) >= 11 is 0. The first-order valence-corrected chi connectivity index (χ1v) is 7.12. The molecule has 1 atom stereocenters. The summed E-state index contributed by atoms with van der Waals surface area (Å²) < 4.78 is 0. The van der Waals surface area contributed by atoms with Crippen molar-refractivity contribution in [1.29, 1.82) is 0 Å². The van der Waals surface area contributed by atoms with E-state index in [0.29, 0.717) is 6.04 Å². The number of hydrogen-bond acceptors (Lipinski definition) is 3. The summed E-state index contributed by atoms with van der Waals surface area (Å²) in [5.41, 5.74) is 1.34. The van der Waals surface area contributed by atoms with Gasteiger partial charge in [0.05, 0.1) is 0 Å². The minimum Gasteiger partial charge on any atom is -0.357 e. The lowest BCUT2D eigenvalue weighted by atomic mass is 10.1. The third-order valence-electron chi connectivity index (χ3n) is 3.71. The van der Waals surface area contributed by atoms with Gasteiger partial charge in [0.15, 0.2) is 0 Å². The molecule has 18 heavy (non-hydrogen) atoms. The lowest BCUT2D eigenvalue weighted by Gasteiger charge is -2.26. The van der Waals surface area contributed by atoms with Crippen molar-refractivity contribution in [2.45, 2.75) is 58.2 Å². The largest absolute Gasteiger partial charge is 0.357 e. The highest BCUT2D eigenvalue weighted by molar-refractivity contribution is 5.41. The van der Waals surface area contributed by atoms with Crippen LogP contribution in [0.2, 0.25) is 0 Å². The second kappa shape index (κ2) is 6.19. The molecule has 1 aliphatic carbocycles. The molecule has 1 heterocycles. The van der Waals surface area contributed by atoms with Gasteiger partial charge in [0.25, 0.3) is 0 Å². The highest BCUT2D eigenvalue weighted by atomic mass is 15.2. The highest BCUT2D eigenvalue weighted by Gasteiger charge is 2.20. The molecule has 2 rings (SSSR count). The molecule has 0 saturated heterocycles. The van der Waals surface area contributed by atoms with Crippen LogP contribution in [0, 0.1) is 0 Å². The van der Waals surface area contributed by atoms with E-state index in [4.69, 9.17) is 0 Å². The number of nitrogens with zero attached hydrogens (tertiary/aromatic N) is 2. The van der Waals surface area contributed by atoms with E-state index in [-0.39, 0.29) is 0 Å². The van der Waals surface area contributed by atoms with Crippen LogP contribution >= 0.6 is 0 Å². The van der Waals surface area contributed by atoms with Crippen LogP contribution in [0.1, 0.15) is 45.1 Å². The average Bonchev–Trinajstić information content (AvgIpc) is 3.20. The van der Waals surface area contributed by atoms with Crippen molar-refractivity contribution in [3.8, 4) is 0 Å². The Labute approximate surface area is 111 Å². The molecule has 0 bridgehead atoms. The van der Waals surface area contributed by atoms with Gasteiger partial charge in [0, 0.05) is 31.9 Å². The van der Waals surface area contributed by atoms with Crippen LogP contribution < -0.4 is 10.2 Å². The summed E-state index contributed by atoms with van der Waals surface area (Å²) in [6.07, 6.45) is 7.03. The van der Waals surface area contributed by atoms with Gasteiger partial charge in [-0.05, 0) is 43.9 Å². The van der Waals surface area contributed by atoms with Crippen LogP contribution in [-0.2, 0) is 6.54 Å². The van der Waals surface area contributed by atoms with Gasteiger partial charge < -0.3 is 10.2 Å². The fraction of sp³-hybridized carbons (Fsp3) is 0.667. The molecule has 0 radical (unpaired) electrons. The van der Waals surface area contributed by atoms with Crippen molar-refractivity contribution in [1.82, 2.24) is 10.3 Å². The van der Waals surface area contributed by atoms with Gasteiger partial charge in [-0.25, -0.2) is 4.98 Å². The third kappa shape index (κ3) is 3.70. The molecule has 1 fully saturated rings. The van der Waals surface area contributed by atoms with Crippen LogP contribution in [0.3, 0.4) is 0 Å². The Morgan fingerprint density at radius 2 is 2.28 bits per heavy atom. The Bertz CT molecular complexity index is 374. The normalized spacial score (nSPS) is 16.6. The van der Waals surface area contributed by atoms with Crippen LogP contribution in [0.4, 0.5) is 5.82 Å². The number of aromatic nitrogens is 1. The van der Waals surface area contributed by atoms with E-state index in [1.54, 1.807) is 0 Å². The van der Waals surface area contributed by atoms with Crippen molar-refractivity contribution in [2.75, 3.05) is 11.9 Å². The van der Waals surface area contributed by atoms with E-state index >= 15 is 0 Å². The number of anilines is 1. The summed E-state index contributed by atoms with van der Waals surface area (Å²) in [6.45, 7) is 5.46. The second-order valence-corrected chi connectivity index (χ2v) is 5.43. The topological polar surface area (TPSA) is 28.2 Å². The molecule has 0 amide bonds. The molecule has 1 aromatic rings. The zero-order valence-corrected chi connectivity index (χ0v) is 11.8. The van der Waals surface area contributed by atoms with Gasteiger partial charge >= 0.3 is 0 Å². The maximum Gasteiger partial charge on any atom is 0.128 e. The fourth-order valence-electron chi connectivity index (χ4n) is 2.15. The number of nitrogens with one attached hydrogen (secondary N) is 1. The minimum atomic E-state index is 0.550. The van der Waals surface area contributed by atoms with Crippen molar-refractivity contribution >= 4 is 5.82 Å². The van der Waals surface area contributed by atoms with Gasteiger partial charge in [-0.15, -0.1) is 0 Å². The minimum absolute atomic E-state index is 0.550. The molecule has 0 spiro atoms. The Kier molecular flexibility index (Phi) is 4.59. The van der Waals surface area contributed by atoms with Gasteiger partial charge in [-0.1, -0.05) is 13.3 Å². The maximum atomic E-state index is 4.48. The smallest absolute Gasteiger partial charge is 0.128 e. The third-order valence-corrected chi connectivity index (χ3v) is 3.71. The molecular formula is C15H25N3. The molecule has 3 nitrogen and oxygen atoms in total. The first-order valence-electron chi connectivity index (χ1n) is 7.12. The van der Waals surface area contributed by atoms with E-state index in [0.717, 1.165) is 18.4 Å². The number of rotatable bonds is 7. The van der Waals surface area contributed by atoms with E-state index in [1.165, 1.54) is 31.2 Å². The predicted octanol–water partition coefficient (Wildman–Crippen LogP) is 2.96. The van der Waals surface area contributed by atoms with E-state index in [1.807, 2.05) is 6.20 Å². The van der Waals surface area contributed by atoms with Crippen LogP contribution in [0.15, 0.2) is 18.3 Å². The summed E-state index contributed by atoms with van der Waals surface area (Å²) in [5, 5.41) is 3.55. The first-order chi connectivity index (χ1) is 8.70. The van der Waals surface area contributed by atoms with Crippen LogP contribution in [0.25, 0.3) is 0 Å². The SMILES string of the molecule is CCCC(C)N(C)c1cc(CNC2CC2)ccn1. The fourth-order valence-corrected chi connectivity index (χ4v) is 2.15. The van der Waals surface area contributed by atoms with E-state index < -0.39 is 0 Å². The summed E-state index contributed by atoms with van der Waals surface area (Å²) in [7, 11) is 2.14. The molecule has 1 aromatic heterocycles. The van der Waals surface area contributed by atoms with E-state index in [2.05, 4.69) is 48.2 Å². The molecule has 1 N–H and O–H groups in total. The average molecular weight is 247 g/mol. The van der Waals surface area contributed by atoms with Crippen LogP contribution in [-0.4, -0.2) is 24.1 Å². The molecule has 1 unspecified atom stereocenters.